The van der Waals surface area contributed by atoms with Crippen molar-refractivity contribution in [1.29, 1.82) is 0 Å². The summed E-state index contributed by atoms with van der Waals surface area (Å²) >= 11 is 1.20. The van der Waals surface area contributed by atoms with Crippen LogP contribution in [0.4, 0.5) is 19.6 Å². The number of benzene rings is 1. The lowest BCUT2D eigenvalue weighted by atomic mass is 10.1. The van der Waals surface area contributed by atoms with Gasteiger partial charge in [-0.3, -0.25) is 10.1 Å². The maximum absolute atomic E-state index is 13.7. The molecule has 0 bridgehead atoms. The minimum atomic E-state index is -1.07. The molecule has 1 aromatic carbocycles. The first-order valence-corrected chi connectivity index (χ1v) is 6.78. The number of rotatable bonds is 3. The van der Waals surface area contributed by atoms with Crippen molar-refractivity contribution in [3.05, 3.63) is 40.4 Å². The van der Waals surface area contributed by atoms with Gasteiger partial charge in [0, 0.05) is 5.38 Å². The molecule has 0 aliphatic carbocycles. The van der Waals surface area contributed by atoms with Crippen molar-refractivity contribution in [2.45, 2.75) is 19.8 Å². The standard InChI is InChI=1S/C13H13F2N3OS/c1-6(2)9-5-20-13(17-9)18-12(19)10-7(14)3-4-8(16)11(10)15/h3-6H,16H2,1-2H3,(H,17,18,19). The molecule has 0 aliphatic heterocycles. The molecule has 0 atom stereocenters. The molecule has 0 saturated carbocycles. The SMILES string of the molecule is CC(C)c1csc(NC(=O)c2c(F)ccc(N)c2F)n1. The van der Waals surface area contributed by atoms with Crippen LogP contribution in [0.2, 0.25) is 0 Å². The molecule has 0 spiro atoms. The molecule has 106 valence electrons. The number of carbonyl (C=O) groups excluding carboxylic acids is 1. The molecule has 7 heteroatoms. The second-order valence-electron chi connectivity index (χ2n) is 4.51. The number of hydrogen-bond donors (Lipinski definition) is 2. The Balaban J connectivity index is 2.26. The van der Waals surface area contributed by atoms with Gasteiger partial charge in [-0.15, -0.1) is 11.3 Å². The van der Waals surface area contributed by atoms with Gasteiger partial charge in [-0.25, -0.2) is 13.8 Å². The Morgan fingerprint density at radius 1 is 1.40 bits per heavy atom. The van der Waals surface area contributed by atoms with Crippen LogP contribution in [0.1, 0.15) is 35.8 Å². The summed E-state index contributed by atoms with van der Waals surface area (Å²) in [5, 5.41) is 4.45. The van der Waals surface area contributed by atoms with E-state index in [1.807, 2.05) is 13.8 Å². The number of carbonyl (C=O) groups is 1. The van der Waals surface area contributed by atoms with E-state index in [1.54, 1.807) is 5.38 Å². The monoisotopic (exact) mass is 297 g/mol. The number of nitrogens with zero attached hydrogens (tertiary/aromatic N) is 1. The zero-order valence-electron chi connectivity index (χ0n) is 10.9. The zero-order valence-corrected chi connectivity index (χ0v) is 11.7. The first-order chi connectivity index (χ1) is 9.40. The highest BCUT2D eigenvalue weighted by atomic mass is 32.1. The van der Waals surface area contributed by atoms with Gasteiger partial charge in [-0.2, -0.15) is 0 Å². The average Bonchev–Trinajstić information content (AvgIpc) is 2.83. The molecule has 3 N–H and O–H groups in total. The molecular weight excluding hydrogens is 284 g/mol. The molecule has 2 aromatic rings. The zero-order chi connectivity index (χ0) is 14.9. The van der Waals surface area contributed by atoms with Crippen LogP contribution in [-0.4, -0.2) is 10.9 Å². The Bertz CT molecular complexity index is 655. The van der Waals surface area contributed by atoms with Crippen molar-refractivity contribution >= 4 is 28.1 Å². The summed E-state index contributed by atoms with van der Waals surface area (Å²) in [6.07, 6.45) is 0. The second kappa shape index (κ2) is 5.54. The molecule has 0 fully saturated rings. The minimum absolute atomic E-state index is 0.206. The van der Waals surface area contributed by atoms with Crippen LogP contribution in [0.15, 0.2) is 17.5 Å². The third-order valence-electron chi connectivity index (χ3n) is 2.68. The van der Waals surface area contributed by atoms with Gasteiger partial charge in [0.1, 0.15) is 11.4 Å². The number of anilines is 2. The van der Waals surface area contributed by atoms with E-state index in [1.165, 1.54) is 11.3 Å². The first kappa shape index (κ1) is 14.4. The molecular formula is C13H13F2N3OS. The normalized spacial score (nSPS) is 10.8. The van der Waals surface area contributed by atoms with Crippen molar-refractivity contribution in [1.82, 2.24) is 4.98 Å². The fraction of sp³-hybridized carbons (Fsp3) is 0.231. The van der Waals surface area contributed by atoms with Crippen LogP contribution in [0.3, 0.4) is 0 Å². The van der Waals surface area contributed by atoms with Crippen molar-refractivity contribution in [3.8, 4) is 0 Å². The summed E-state index contributed by atoms with van der Waals surface area (Å²) in [5.74, 6) is -2.73. The highest BCUT2D eigenvalue weighted by molar-refractivity contribution is 7.14. The van der Waals surface area contributed by atoms with E-state index in [9.17, 15) is 13.6 Å². The molecule has 1 amide bonds. The molecule has 4 nitrogen and oxygen atoms in total. The van der Waals surface area contributed by atoms with Crippen molar-refractivity contribution < 1.29 is 13.6 Å². The van der Waals surface area contributed by atoms with E-state index in [0.717, 1.165) is 17.8 Å². The smallest absolute Gasteiger partial charge is 0.263 e. The summed E-state index contributed by atoms with van der Waals surface area (Å²) < 4.78 is 27.2. The lowest BCUT2D eigenvalue weighted by molar-refractivity contribution is 0.101. The number of amides is 1. The molecule has 0 saturated heterocycles. The Hall–Kier alpha value is -2.02. The van der Waals surface area contributed by atoms with Gasteiger partial charge in [0.25, 0.3) is 5.91 Å². The number of thiazole rings is 1. The van der Waals surface area contributed by atoms with Gasteiger partial charge in [0.2, 0.25) is 0 Å². The first-order valence-electron chi connectivity index (χ1n) is 5.90. The van der Waals surface area contributed by atoms with Gasteiger partial charge in [0.05, 0.1) is 11.4 Å². The summed E-state index contributed by atoms with van der Waals surface area (Å²) in [6.45, 7) is 3.91. The highest BCUT2D eigenvalue weighted by Crippen LogP contribution is 2.24. The molecule has 1 heterocycles. The summed E-state index contributed by atoms with van der Waals surface area (Å²) in [4.78, 5) is 16.1. The molecule has 20 heavy (non-hydrogen) atoms. The lowest BCUT2D eigenvalue weighted by Gasteiger charge is -2.06. The predicted molar refractivity (Wildman–Crippen MR) is 74.9 cm³/mol. The van der Waals surface area contributed by atoms with Gasteiger partial charge in [0.15, 0.2) is 10.9 Å². The third kappa shape index (κ3) is 2.77. The van der Waals surface area contributed by atoms with Gasteiger partial charge in [-0.05, 0) is 18.1 Å². The van der Waals surface area contributed by atoms with Crippen LogP contribution >= 0.6 is 11.3 Å². The van der Waals surface area contributed by atoms with E-state index in [-0.39, 0.29) is 11.6 Å². The molecule has 0 radical (unpaired) electrons. The number of nitrogen functional groups attached to an aromatic ring is 1. The quantitative estimate of drug-likeness (QED) is 0.853. The number of nitrogens with one attached hydrogen (secondary N) is 1. The third-order valence-corrected chi connectivity index (χ3v) is 3.46. The van der Waals surface area contributed by atoms with Gasteiger partial charge in [-0.1, -0.05) is 13.8 Å². The van der Waals surface area contributed by atoms with Gasteiger partial charge < -0.3 is 5.73 Å². The maximum atomic E-state index is 13.7. The minimum Gasteiger partial charge on any atom is -0.396 e. The van der Waals surface area contributed by atoms with Crippen LogP contribution < -0.4 is 11.1 Å². The Kier molecular flexibility index (Phi) is 3.99. The van der Waals surface area contributed by atoms with Gasteiger partial charge >= 0.3 is 0 Å². The molecule has 0 unspecified atom stereocenters. The summed E-state index contributed by atoms with van der Waals surface area (Å²) in [5.41, 5.74) is 5.15. The van der Waals surface area contributed by atoms with Crippen molar-refractivity contribution in [3.63, 3.8) is 0 Å². The largest absolute Gasteiger partial charge is 0.396 e. The fourth-order valence-corrected chi connectivity index (χ4v) is 2.41. The molecule has 0 aliphatic rings. The van der Waals surface area contributed by atoms with E-state index >= 15 is 0 Å². The lowest BCUT2D eigenvalue weighted by Crippen LogP contribution is -2.16. The number of halogens is 2. The number of aromatic nitrogens is 1. The van der Waals surface area contributed by atoms with E-state index in [0.29, 0.717) is 5.13 Å². The maximum Gasteiger partial charge on any atom is 0.263 e. The topological polar surface area (TPSA) is 68.0 Å². The second-order valence-corrected chi connectivity index (χ2v) is 5.37. The van der Waals surface area contributed by atoms with Crippen LogP contribution in [0.25, 0.3) is 0 Å². The van der Waals surface area contributed by atoms with E-state index < -0.39 is 23.1 Å². The highest BCUT2D eigenvalue weighted by Gasteiger charge is 2.20. The summed E-state index contributed by atoms with van der Waals surface area (Å²) in [7, 11) is 0. The number of hydrogen-bond acceptors (Lipinski definition) is 4. The Labute approximate surface area is 118 Å². The van der Waals surface area contributed by atoms with Crippen LogP contribution in [0.5, 0.6) is 0 Å². The number of nitrogens with two attached hydrogens (primary N) is 1. The Morgan fingerprint density at radius 3 is 2.70 bits per heavy atom. The summed E-state index contributed by atoms with van der Waals surface area (Å²) in [6, 6.07) is 2.02. The van der Waals surface area contributed by atoms with Crippen molar-refractivity contribution in [2.75, 3.05) is 11.1 Å². The van der Waals surface area contributed by atoms with Crippen molar-refractivity contribution in [2.24, 2.45) is 0 Å². The molecule has 1 aromatic heterocycles. The Morgan fingerprint density at radius 2 is 2.10 bits per heavy atom. The molecule has 2 rings (SSSR count). The van der Waals surface area contributed by atoms with E-state index in [4.69, 9.17) is 5.73 Å². The fourth-order valence-electron chi connectivity index (χ4n) is 1.55. The van der Waals surface area contributed by atoms with Crippen LogP contribution in [0, 0.1) is 11.6 Å². The van der Waals surface area contributed by atoms with Crippen LogP contribution in [-0.2, 0) is 0 Å². The predicted octanol–water partition coefficient (Wildman–Crippen LogP) is 3.38. The van der Waals surface area contributed by atoms with E-state index in [2.05, 4.69) is 10.3 Å². The average molecular weight is 297 g/mol.